The summed E-state index contributed by atoms with van der Waals surface area (Å²) < 4.78 is 0. The van der Waals surface area contributed by atoms with Crippen LogP contribution in [-0.2, 0) is 13.0 Å². The minimum absolute atomic E-state index is 0.0493. The van der Waals surface area contributed by atoms with E-state index >= 15 is 0 Å². The molecule has 0 atom stereocenters. The standard InChI is InChI=1S/C23H25N3O2S/c1-5-16-6-12-19(13-7-16)22-25-15(2)20(29-22)23(28)26(4)14-17-8-10-18(11-9-17)21(27)24-3/h6-13H,5,14H2,1-4H3,(H,24,27). The van der Waals surface area contributed by atoms with Gasteiger partial charge in [0.1, 0.15) is 9.88 Å². The maximum Gasteiger partial charge on any atom is 0.265 e. The second-order valence-corrected chi connectivity index (χ2v) is 7.92. The van der Waals surface area contributed by atoms with E-state index in [1.54, 1.807) is 31.1 Å². The Hall–Kier alpha value is -2.99. The number of carbonyl (C=O) groups is 2. The zero-order valence-electron chi connectivity index (χ0n) is 17.2. The molecule has 5 nitrogen and oxygen atoms in total. The summed E-state index contributed by atoms with van der Waals surface area (Å²) in [6.45, 7) is 4.46. The molecule has 1 aromatic heterocycles. The van der Waals surface area contributed by atoms with Crippen molar-refractivity contribution < 1.29 is 9.59 Å². The number of aryl methyl sites for hydroxylation is 2. The molecule has 1 N–H and O–H groups in total. The summed E-state index contributed by atoms with van der Waals surface area (Å²) in [6.07, 6.45) is 0.996. The van der Waals surface area contributed by atoms with Crippen molar-refractivity contribution in [2.24, 2.45) is 0 Å². The lowest BCUT2D eigenvalue weighted by molar-refractivity contribution is 0.0788. The predicted octanol–water partition coefficient (Wildman–Crippen LogP) is 4.31. The second kappa shape index (κ2) is 9.01. The Labute approximate surface area is 175 Å². The van der Waals surface area contributed by atoms with Crippen LogP contribution in [0.3, 0.4) is 0 Å². The first kappa shape index (κ1) is 20.7. The van der Waals surface area contributed by atoms with Crippen LogP contribution >= 0.6 is 11.3 Å². The maximum absolute atomic E-state index is 13.0. The highest BCUT2D eigenvalue weighted by atomic mass is 32.1. The van der Waals surface area contributed by atoms with Gasteiger partial charge in [0.15, 0.2) is 0 Å². The highest BCUT2D eigenvalue weighted by Gasteiger charge is 2.20. The van der Waals surface area contributed by atoms with Crippen molar-refractivity contribution >= 4 is 23.2 Å². The fraction of sp³-hybridized carbons (Fsp3) is 0.261. The number of benzene rings is 2. The second-order valence-electron chi connectivity index (χ2n) is 6.92. The Bertz CT molecular complexity index is 1010. The Morgan fingerprint density at radius 2 is 1.66 bits per heavy atom. The number of hydrogen-bond donors (Lipinski definition) is 1. The lowest BCUT2D eigenvalue weighted by atomic mass is 10.1. The number of hydrogen-bond acceptors (Lipinski definition) is 4. The normalized spacial score (nSPS) is 10.6. The van der Waals surface area contributed by atoms with Gasteiger partial charge in [0.25, 0.3) is 11.8 Å². The van der Waals surface area contributed by atoms with Crippen molar-refractivity contribution in [3.8, 4) is 10.6 Å². The van der Waals surface area contributed by atoms with E-state index in [1.165, 1.54) is 16.9 Å². The molecule has 3 rings (SSSR count). The van der Waals surface area contributed by atoms with Crippen LogP contribution in [0, 0.1) is 6.92 Å². The molecule has 0 bridgehead atoms. The third kappa shape index (κ3) is 4.71. The molecule has 1 heterocycles. The molecule has 0 aliphatic heterocycles. The number of nitrogens with zero attached hydrogens (tertiary/aromatic N) is 2. The average Bonchev–Trinajstić information content (AvgIpc) is 3.14. The molecule has 3 aromatic rings. The van der Waals surface area contributed by atoms with Crippen LogP contribution in [0.2, 0.25) is 0 Å². The smallest absolute Gasteiger partial charge is 0.265 e. The number of nitrogens with one attached hydrogen (secondary N) is 1. The molecular formula is C23H25N3O2S. The van der Waals surface area contributed by atoms with Crippen molar-refractivity contribution in [3.05, 3.63) is 75.8 Å². The van der Waals surface area contributed by atoms with Gasteiger partial charge in [-0.1, -0.05) is 43.3 Å². The highest BCUT2D eigenvalue weighted by Crippen LogP contribution is 2.29. The predicted molar refractivity (Wildman–Crippen MR) is 117 cm³/mol. The molecule has 150 valence electrons. The van der Waals surface area contributed by atoms with E-state index < -0.39 is 0 Å². The van der Waals surface area contributed by atoms with Crippen LogP contribution in [-0.4, -0.2) is 35.8 Å². The lowest BCUT2D eigenvalue weighted by Crippen LogP contribution is -2.26. The van der Waals surface area contributed by atoms with Crippen LogP contribution in [0.25, 0.3) is 10.6 Å². The first-order chi connectivity index (χ1) is 13.9. The van der Waals surface area contributed by atoms with Gasteiger partial charge in [0.05, 0.1) is 5.69 Å². The first-order valence-corrected chi connectivity index (χ1v) is 10.4. The molecule has 0 aliphatic carbocycles. The van der Waals surface area contributed by atoms with Gasteiger partial charge in [0, 0.05) is 31.8 Å². The fourth-order valence-electron chi connectivity index (χ4n) is 3.03. The van der Waals surface area contributed by atoms with E-state index in [1.807, 2.05) is 19.1 Å². The summed E-state index contributed by atoms with van der Waals surface area (Å²) in [5, 5.41) is 3.46. The van der Waals surface area contributed by atoms with Crippen LogP contribution in [0.1, 0.15) is 43.8 Å². The summed E-state index contributed by atoms with van der Waals surface area (Å²) in [4.78, 5) is 31.6. The molecule has 0 saturated carbocycles. The van der Waals surface area contributed by atoms with Gasteiger partial charge in [-0.3, -0.25) is 9.59 Å². The molecule has 6 heteroatoms. The fourth-order valence-corrected chi connectivity index (χ4v) is 4.09. The molecule has 0 radical (unpaired) electrons. The zero-order chi connectivity index (χ0) is 21.0. The third-order valence-corrected chi connectivity index (χ3v) is 6.00. The quantitative estimate of drug-likeness (QED) is 0.662. The Kier molecular flexibility index (Phi) is 6.44. The maximum atomic E-state index is 13.0. The average molecular weight is 408 g/mol. The minimum atomic E-state index is -0.124. The largest absolute Gasteiger partial charge is 0.355 e. The van der Waals surface area contributed by atoms with Crippen molar-refractivity contribution in [2.45, 2.75) is 26.8 Å². The number of rotatable bonds is 6. The van der Waals surface area contributed by atoms with Gasteiger partial charge in [-0.25, -0.2) is 4.98 Å². The van der Waals surface area contributed by atoms with Gasteiger partial charge in [-0.05, 0) is 36.6 Å². The Morgan fingerprint density at radius 3 is 2.24 bits per heavy atom. The summed E-state index contributed by atoms with van der Waals surface area (Å²) in [7, 11) is 3.39. The third-order valence-electron chi connectivity index (χ3n) is 4.81. The topological polar surface area (TPSA) is 62.3 Å². The van der Waals surface area contributed by atoms with E-state index in [0.717, 1.165) is 28.2 Å². The zero-order valence-corrected chi connectivity index (χ0v) is 18.0. The number of carbonyl (C=O) groups excluding carboxylic acids is 2. The van der Waals surface area contributed by atoms with E-state index in [2.05, 4.69) is 41.5 Å². The molecule has 2 aromatic carbocycles. The molecule has 2 amide bonds. The lowest BCUT2D eigenvalue weighted by Gasteiger charge is -2.16. The summed E-state index contributed by atoms with van der Waals surface area (Å²) in [5.41, 5.74) is 4.62. The van der Waals surface area contributed by atoms with Crippen LogP contribution in [0.5, 0.6) is 0 Å². The van der Waals surface area contributed by atoms with Crippen molar-refractivity contribution in [3.63, 3.8) is 0 Å². The number of aromatic nitrogens is 1. The van der Waals surface area contributed by atoms with E-state index in [-0.39, 0.29) is 11.8 Å². The van der Waals surface area contributed by atoms with Crippen molar-refractivity contribution in [1.29, 1.82) is 0 Å². The number of amides is 2. The van der Waals surface area contributed by atoms with E-state index in [4.69, 9.17) is 0 Å². The van der Waals surface area contributed by atoms with Gasteiger partial charge in [-0.2, -0.15) is 0 Å². The Balaban J connectivity index is 1.74. The molecular weight excluding hydrogens is 382 g/mol. The van der Waals surface area contributed by atoms with Crippen molar-refractivity contribution in [1.82, 2.24) is 15.2 Å². The minimum Gasteiger partial charge on any atom is -0.355 e. The summed E-state index contributed by atoms with van der Waals surface area (Å²) >= 11 is 1.43. The van der Waals surface area contributed by atoms with Gasteiger partial charge >= 0.3 is 0 Å². The highest BCUT2D eigenvalue weighted by molar-refractivity contribution is 7.17. The molecule has 29 heavy (non-hydrogen) atoms. The van der Waals surface area contributed by atoms with Gasteiger partial charge < -0.3 is 10.2 Å². The molecule has 0 aliphatic rings. The van der Waals surface area contributed by atoms with E-state index in [0.29, 0.717) is 17.0 Å². The van der Waals surface area contributed by atoms with Crippen molar-refractivity contribution in [2.75, 3.05) is 14.1 Å². The van der Waals surface area contributed by atoms with Crippen LogP contribution in [0.15, 0.2) is 48.5 Å². The van der Waals surface area contributed by atoms with Crippen LogP contribution < -0.4 is 5.32 Å². The molecule has 0 fully saturated rings. The molecule has 0 spiro atoms. The monoisotopic (exact) mass is 407 g/mol. The van der Waals surface area contributed by atoms with Gasteiger partial charge in [0.2, 0.25) is 0 Å². The van der Waals surface area contributed by atoms with E-state index in [9.17, 15) is 9.59 Å². The van der Waals surface area contributed by atoms with Crippen LogP contribution in [0.4, 0.5) is 0 Å². The summed E-state index contributed by atoms with van der Waals surface area (Å²) in [5.74, 6) is -0.174. The Morgan fingerprint density at radius 1 is 1.03 bits per heavy atom. The van der Waals surface area contributed by atoms with Gasteiger partial charge in [-0.15, -0.1) is 11.3 Å². The SMILES string of the molecule is CCc1ccc(-c2nc(C)c(C(=O)N(C)Cc3ccc(C(=O)NC)cc3)s2)cc1. The molecule has 0 unspecified atom stereocenters. The number of thiazole rings is 1. The first-order valence-electron chi connectivity index (χ1n) is 9.56. The summed E-state index contributed by atoms with van der Waals surface area (Å²) in [6, 6.07) is 15.6. The molecule has 0 saturated heterocycles.